The van der Waals surface area contributed by atoms with E-state index in [-0.39, 0.29) is 6.04 Å². The summed E-state index contributed by atoms with van der Waals surface area (Å²) in [6.45, 7) is 0.426. The van der Waals surface area contributed by atoms with Crippen LogP contribution in [0, 0.1) is 0 Å². The van der Waals surface area contributed by atoms with Gasteiger partial charge in [-0.15, -0.1) is 0 Å². The average Bonchev–Trinajstić information content (AvgIpc) is 2.53. The van der Waals surface area contributed by atoms with Crippen molar-refractivity contribution < 1.29 is 9.47 Å². The van der Waals surface area contributed by atoms with Gasteiger partial charge in [-0.05, 0) is 34.9 Å². The van der Waals surface area contributed by atoms with Crippen molar-refractivity contribution in [1.82, 2.24) is 0 Å². The molecular weight excluding hydrogens is 252 g/mol. The van der Waals surface area contributed by atoms with Crippen LogP contribution in [0.3, 0.4) is 0 Å². The first-order valence-electron chi connectivity index (χ1n) is 6.47. The van der Waals surface area contributed by atoms with Crippen molar-refractivity contribution in [3.8, 4) is 22.6 Å². The number of methoxy groups -OCH3 is 2. The Morgan fingerprint density at radius 3 is 2.30 bits per heavy atom. The summed E-state index contributed by atoms with van der Waals surface area (Å²) in [4.78, 5) is 0. The lowest BCUT2D eigenvalue weighted by molar-refractivity contribution is 0.355. The Kier molecular flexibility index (Phi) is 4.61. The molecule has 0 bridgehead atoms. The van der Waals surface area contributed by atoms with Crippen molar-refractivity contribution >= 4 is 0 Å². The zero-order valence-corrected chi connectivity index (χ0v) is 11.8. The summed E-state index contributed by atoms with van der Waals surface area (Å²) in [7, 11) is 3.25. The molecule has 0 spiro atoms. The third-order valence-electron chi connectivity index (χ3n) is 3.29. The van der Waals surface area contributed by atoms with E-state index in [2.05, 4.69) is 6.07 Å². The predicted molar refractivity (Wildman–Crippen MR) is 81.0 cm³/mol. The van der Waals surface area contributed by atoms with Crippen molar-refractivity contribution in [2.24, 2.45) is 11.5 Å². The fraction of sp³-hybridized carbons (Fsp3) is 0.250. The van der Waals surface area contributed by atoms with Crippen LogP contribution < -0.4 is 20.9 Å². The van der Waals surface area contributed by atoms with E-state index in [0.29, 0.717) is 18.0 Å². The lowest BCUT2D eigenvalue weighted by atomic mass is 9.99. The fourth-order valence-electron chi connectivity index (χ4n) is 2.10. The molecule has 4 nitrogen and oxygen atoms in total. The molecule has 0 aromatic heterocycles. The smallest absolute Gasteiger partial charge is 0.161 e. The molecule has 0 heterocycles. The molecule has 0 aliphatic rings. The van der Waals surface area contributed by atoms with Gasteiger partial charge in [-0.3, -0.25) is 0 Å². The average molecular weight is 272 g/mol. The van der Waals surface area contributed by atoms with Crippen LogP contribution in [0.2, 0.25) is 0 Å². The van der Waals surface area contributed by atoms with Crippen LogP contribution in [0.5, 0.6) is 11.5 Å². The molecule has 0 radical (unpaired) electrons. The Labute approximate surface area is 119 Å². The second-order valence-electron chi connectivity index (χ2n) is 4.54. The maximum Gasteiger partial charge on any atom is 0.161 e. The van der Waals surface area contributed by atoms with Gasteiger partial charge in [0.1, 0.15) is 0 Å². The van der Waals surface area contributed by atoms with Crippen LogP contribution in [0.4, 0.5) is 0 Å². The minimum Gasteiger partial charge on any atom is -0.493 e. The molecule has 0 aliphatic heterocycles. The van der Waals surface area contributed by atoms with Gasteiger partial charge < -0.3 is 20.9 Å². The molecule has 20 heavy (non-hydrogen) atoms. The highest BCUT2D eigenvalue weighted by Gasteiger charge is 2.08. The summed E-state index contributed by atoms with van der Waals surface area (Å²) in [5, 5.41) is 0. The molecule has 0 fully saturated rings. The van der Waals surface area contributed by atoms with Crippen molar-refractivity contribution in [3.63, 3.8) is 0 Å². The van der Waals surface area contributed by atoms with E-state index in [9.17, 15) is 0 Å². The lowest BCUT2D eigenvalue weighted by Crippen LogP contribution is -2.20. The minimum absolute atomic E-state index is 0.143. The summed E-state index contributed by atoms with van der Waals surface area (Å²) >= 11 is 0. The Hall–Kier alpha value is -2.04. The lowest BCUT2D eigenvalue weighted by Gasteiger charge is -2.13. The molecule has 0 amide bonds. The standard InChI is InChI=1S/C16H20N2O2/c1-19-15-7-6-12(9-16(15)20-2)11-4-3-5-13(8-11)14(18)10-17/h3-9,14H,10,17-18H2,1-2H3. The van der Waals surface area contributed by atoms with Crippen molar-refractivity contribution in [1.29, 1.82) is 0 Å². The van der Waals surface area contributed by atoms with Gasteiger partial charge in [0, 0.05) is 12.6 Å². The largest absolute Gasteiger partial charge is 0.493 e. The third kappa shape index (κ3) is 2.92. The summed E-state index contributed by atoms with van der Waals surface area (Å²) < 4.78 is 10.6. The summed E-state index contributed by atoms with van der Waals surface area (Å²) in [6.07, 6.45) is 0. The Morgan fingerprint density at radius 1 is 0.950 bits per heavy atom. The monoisotopic (exact) mass is 272 g/mol. The van der Waals surface area contributed by atoms with Crippen LogP contribution in [0.15, 0.2) is 42.5 Å². The Balaban J connectivity index is 2.41. The molecule has 1 unspecified atom stereocenters. The Morgan fingerprint density at radius 2 is 1.65 bits per heavy atom. The van der Waals surface area contributed by atoms with Gasteiger partial charge in [0.15, 0.2) is 11.5 Å². The number of hydrogen-bond acceptors (Lipinski definition) is 4. The zero-order valence-electron chi connectivity index (χ0n) is 11.8. The molecular formula is C16H20N2O2. The van der Waals surface area contributed by atoms with Gasteiger partial charge in [0.2, 0.25) is 0 Å². The molecule has 2 aromatic rings. The van der Waals surface area contributed by atoms with Crippen LogP contribution in [0.25, 0.3) is 11.1 Å². The SMILES string of the molecule is COc1ccc(-c2cccc(C(N)CN)c2)cc1OC. The number of ether oxygens (including phenoxy) is 2. The minimum atomic E-state index is -0.143. The zero-order chi connectivity index (χ0) is 14.5. The summed E-state index contributed by atoms with van der Waals surface area (Å²) in [5.74, 6) is 1.42. The maximum absolute atomic E-state index is 5.97. The molecule has 0 saturated heterocycles. The molecule has 0 saturated carbocycles. The molecule has 4 heteroatoms. The van der Waals surface area contributed by atoms with Gasteiger partial charge in [0.05, 0.1) is 14.2 Å². The highest BCUT2D eigenvalue weighted by Crippen LogP contribution is 2.32. The van der Waals surface area contributed by atoms with Gasteiger partial charge in [-0.1, -0.05) is 24.3 Å². The fourth-order valence-corrected chi connectivity index (χ4v) is 2.10. The first-order chi connectivity index (χ1) is 9.69. The summed E-state index contributed by atoms with van der Waals surface area (Å²) in [5.41, 5.74) is 14.7. The van der Waals surface area contributed by atoms with Crippen LogP contribution >= 0.6 is 0 Å². The second-order valence-corrected chi connectivity index (χ2v) is 4.54. The van der Waals surface area contributed by atoms with Gasteiger partial charge in [-0.25, -0.2) is 0 Å². The van der Waals surface area contributed by atoms with E-state index >= 15 is 0 Å². The Bertz CT molecular complexity index is 584. The van der Waals surface area contributed by atoms with E-state index in [1.54, 1.807) is 14.2 Å². The van der Waals surface area contributed by atoms with E-state index in [1.807, 2.05) is 36.4 Å². The van der Waals surface area contributed by atoms with Gasteiger partial charge in [0.25, 0.3) is 0 Å². The molecule has 1 atom stereocenters. The predicted octanol–water partition coefficient (Wildman–Crippen LogP) is 2.33. The number of benzene rings is 2. The molecule has 2 aromatic carbocycles. The van der Waals surface area contributed by atoms with Gasteiger partial charge in [-0.2, -0.15) is 0 Å². The normalized spacial score (nSPS) is 12.0. The van der Waals surface area contributed by atoms with E-state index in [1.165, 1.54) is 0 Å². The van der Waals surface area contributed by atoms with E-state index in [0.717, 1.165) is 16.7 Å². The molecule has 106 valence electrons. The van der Waals surface area contributed by atoms with Crippen molar-refractivity contribution in [2.45, 2.75) is 6.04 Å². The topological polar surface area (TPSA) is 70.5 Å². The van der Waals surface area contributed by atoms with Gasteiger partial charge >= 0.3 is 0 Å². The van der Waals surface area contributed by atoms with E-state index in [4.69, 9.17) is 20.9 Å². The highest BCUT2D eigenvalue weighted by atomic mass is 16.5. The quantitative estimate of drug-likeness (QED) is 0.876. The van der Waals surface area contributed by atoms with Crippen LogP contribution in [0.1, 0.15) is 11.6 Å². The molecule has 2 rings (SSSR count). The number of hydrogen-bond donors (Lipinski definition) is 2. The van der Waals surface area contributed by atoms with Crippen molar-refractivity contribution in [2.75, 3.05) is 20.8 Å². The highest BCUT2D eigenvalue weighted by molar-refractivity contribution is 5.68. The van der Waals surface area contributed by atoms with E-state index < -0.39 is 0 Å². The molecule has 0 aliphatic carbocycles. The summed E-state index contributed by atoms with van der Waals surface area (Å²) in [6, 6.07) is 13.8. The number of rotatable bonds is 5. The first-order valence-corrected chi connectivity index (χ1v) is 6.47. The second kappa shape index (κ2) is 6.41. The third-order valence-corrected chi connectivity index (χ3v) is 3.29. The van der Waals surface area contributed by atoms with Crippen LogP contribution in [-0.4, -0.2) is 20.8 Å². The number of nitrogens with two attached hydrogens (primary N) is 2. The van der Waals surface area contributed by atoms with Crippen LogP contribution in [-0.2, 0) is 0 Å². The van der Waals surface area contributed by atoms with Crippen molar-refractivity contribution in [3.05, 3.63) is 48.0 Å². The molecule has 4 N–H and O–H groups in total. The first kappa shape index (κ1) is 14.4. The maximum atomic E-state index is 5.97.